The molecule has 0 saturated carbocycles. The largest absolute Gasteiger partial charge is 0.460 e. The molecular formula is C38H48N2O6. The number of rotatable bonds is 19. The number of carbonyl (C=O) groups is 4. The molecule has 3 aromatic rings. The third kappa shape index (κ3) is 12.2. The Bertz CT molecular complexity index is 1380. The van der Waals surface area contributed by atoms with Crippen LogP contribution in [0.2, 0.25) is 0 Å². The number of unbranched alkanes of at least 4 members (excludes halogenated alkanes) is 1. The monoisotopic (exact) mass is 628 g/mol. The molecule has 8 nitrogen and oxygen atoms in total. The van der Waals surface area contributed by atoms with Crippen molar-refractivity contribution in [3.05, 3.63) is 108 Å². The highest BCUT2D eigenvalue weighted by atomic mass is 16.5. The maximum Gasteiger partial charge on any atom is 0.319 e. The minimum absolute atomic E-state index is 0.0239. The van der Waals surface area contributed by atoms with E-state index in [0.29, 0.717) is 12.3 Å². The maximum atomic E-state index is 14.0. The highest BCUT2D eigenvalue weighted by Gasteiger charge is 2.42. The minimum Gasteiger partial charge on any atom is -0.460 e. The Morgan fingerprint density at radius 2 is 1.24 bits per heavy atom. The molecule has 2 amide bonds. The number of carbonyl (C=O) groups excluding carboxylic acids is 4. The number of Topliss-reactive ketones (excluding diaryl/α,β-unsaturated/α-hetero) is 1. The van der Waals surface area contributed by atoms with Crippen LogP contribution in [0.5, 0.6) is 0 Å². The van der Waals surface area contributed by atoms with E-state index in [-0.39, 0.29) is 38.6 Å². The van der Waals surface area contributed by atoms with E-state index in [0.717, 1.165) is 29.5 Å². The Labute approximate surface area is 273 Å². The summed E-state index contributed by atoms with van der Waals surface area (Å²) in [6, 6.07) is 25.9. The number of hydrogen-bond donors (Lipinski definition) is 2. The van der Waals surface area contributed by atoms with Crippen molar-refractivity contribution in [3.63, 3.8) is 0 Å². The second-order valence-corrected chi connectivity index (χ2v) is 12.6. The van der Waals surface area contributed by atoms with Crippen LogP contribution >= 0.6 is 0 Å². The lowest BCUT2D eigenvalue weighted by Gasteiger charge is -2.29. The molecule has 0 radical (unpaired) electrons. The van der Waals surface area contributed by atoms with Gasteiger partial charge in [0.1, 0.15) is 18.1 Å². The summed E-state index contributed by atoms with van der Waals surface area (Å²) in [5.41, 5.74) is 0.974. The van der Waals surface area contributed by atoms with Gasteiger partial charge in [-0.15, -0.1) is 0 Å². The van der Waals surface area contributed by atoms with E-state index >= 15 is 0 Å². The highest BCUT2D eigenvalue weighted by Crippen LogP contribution is 2.24. The summed E-state index contributed by atoms with van der Waals surface area (Å²) in [5.74, 6) is -1.46. The van der Waals surface area contributed by atoms with Crippen molar-refractivity contribution in [1.82, 2.24) is 10.6 Å². The summed E-state index contributed by atoms with van der Waals surface area (Å²) in [4.78, 5) is 53.9. The average molecular weight is 629 g/mol. The van der Waals surface area contributed by atoms with Crippen LogP contribution < -0.4 is 10.6 Å². The molecule has 0 saturated heterocycles. The zero-order valence-electron chi connectivity index (χ0n) is 27.5. The maximum absolute atomic E-state index is 14.0. The van der Waals surface area contributed by atoms with Gasteiger partial charge in [0, 0.05) is 6.42 Å². The van der Waals surface area contributed by atoms with E-state index in [1.165, 1.54) is 13.8 Å². The Kier molecular flexibility index (Phi) is 14.6. The first-order valence-electron chi connectivity index (χ1n) is 16.1. The molecule has 0 aliphatic heterocycles. The van der Waals surface area contributed by atoms with E-state index < -0.39 is 35.2 Å². The number of nitrogens with one attached hydrogen (secondary N) is 2. The first-order chi connectivity index (χ1) is 22.1. The molecule has 0 spiro atoms. The van der Waals surface area contributed by atoms with E-state index in [9.17, 15) is 19.2 Å². The summed E-state index contributed by atoms with van der Waals surface area (Å²) < 4.78 is 11.4. The molecule has 3 aromatic carbocycles. The van der Waals surface area contributed by atoms with E-state index in [4.69, 9.17) is 9.47 Å². The number of amides is 2. The van der Waals surface area contributed by atoms with Crippen molar-refractivity contribution in [1.29, 1.82) is 0 Å². The fourth-order valence-corrected chi connectivity index (χ4v) is 4.93. The van der Waals surface area contributed by atoms with Crippen LogP contribution in [0, 0.1) is 11.3 Å². The molecule has 0 aliphatic rings. The molecule has 8 heteroatoms. The van der Waals surface area contributed by atoms with Gasteiger partial charge in [0.2, 0.25) is 11.8 Å². The van der Waals surface area contributed by atoms with Crippen LogP contribution in [-0.2, 0) is 48.3 Å². The smallest absolute Gasteiger partial charge is 0.319 e. The van der Waals surface area contributed by atoms with Gasteiger partial charge >= 0.3 is 5.97 Å². The molecule has 246 valence electrons. The summed E-state index contributed by atoms with van der Waals surface area (Å²) in [5, 5.41) is 5.67. The molecule has 0 aliphatic carbocycles. The van der Waals surface area contributed by atoms with Crippen molar-refractivity contribution in [2.75, 3.05) is 6.61 Å². The topological polar surface area (TPSA) is 111 Å². The standard InChI is InChI=1S/C38H48N2O6/c1-28(2)16-14-15-23-34(41)39-33(27-45-25-30-19-10-6-11-20-30)36(43)40-32(24-29-17-8-5-9-18-29)35(42)38(3,4)37(44)46-26-31-21-12-7-13-22-31/h5-13,17-22,28,32-33H,14-16,23-27H2,1-4H3,(H,39,41)(H,40,43)/t32-,33-/m0/s1. The average Bonchev–Trinajstić information content (AvgIpc) is 3.05. The van der Waals surface area contributed by atoms with Gasteiger partial charge < -0.3 is 20.1 Å². The minimum atomic E-state index is -1.56. The molecule has 2 N–H and O–H groups in total. The molecule has 0 fully saturated rings. The number of ketones is 1. The summed E-state index contributed by atoms with van der Waals surface area (Å²) in [6.07, 6.45) is 3.07. The van der Waals surface area contributed by atoms with Crippen molar-refractivity contribution < 1.29 is 28.7 Å². The summed E-state index contributed by atoms with van der Waals surface area (Å²) in [6.45, 7) is 7.48. The molecule has 46 heavy (non-hydrogen) atoms. The van der Waals surface area contributed by atoms with Crippen molar-refractivity contribution in [2.45, 2.75) is 85.1 Å². The van der Waals surface area contributed by atoms with Crippen LogP contribution in [0.4, 0.5) is 0 Å². The number of benzene rings is 3. The molecule has 3 rings (SSSR count). The lowest BCUT2D eigenvalue weighted by molar-refractivity contribution is -0.160. The Hall–Kier alpha value is -4.30. The Morgan fingerprint density at radius 1 is 0.696 bits per heavy atom. The number of ether oxygens (including phenoxy) is 2. The lowest BCUT2D eigenvalue weighted by Crippen LogP contribution is -2.56. The normalized spacial score (nSPS) is 12.6. The quantitative estimate of drug-likeness (QED) is 0.0962. The number of esters is 1. The number of hydrogen-bond acceptors (Lipinski definition) is 6. The third-order valence-electron chi connectivity index (χ3n) is 7.74. The van der Waals surface area contributed by atoms with Crippen LogP contribution in [0.3, 0.4) is 0 Å². The van der Waals surface area contributed by atoms with Crippen LogP contribution in [-0.4, -0.2) is 42.3 Å². The molecule has 2 atom stereocenters. The van der Waals surface area contributed by atoms with Gasteiger partial charge in [-0.2, -0.15) is 0 Å². The van der Waals surface area contributed by atoms with Crippen LogP contribution in [0.15, 0.2) is 91.0 Å². The first kappa shape index (κ1) is 36.2. The van der Waals surface area contributed by atoms with Gasteiger partial charge in [-0.3, -0.25) is 19.2 Å². The zero-order chi connectivity index (χ0) is 33.4. The molecule has 0 bridgehead atoms. The van der Waals surface area contributed by atoms with E-state index in [2.05, 4.69) is 24.5 Å². The lowest BCUT2D eigenvalue weighted by atomic mass is 9.82. The molecular weight excluding hydrogens is 580 g/mol. The SMILES string of the molecule is CC(C)CCCCC(=O)N[C@@H](COCc1ccccc1)C(=O)N[C@@H](Cc1ccccc1)C(=O)C(C)(C)C(=O)OCc1ccccc1. The fraction of sp³-hybridized carbons (Fsp3) is 0.421. The zero-order valence-corrected chi connectivity index (χ0v) is 27.5. The summed E-state index contributed by atoms with van der Waals surface area (Å²) in [7, 11) is 0. The Balaban J connectivity index is 1.75. The molecule has 0 heterocycles. The second-order valence-electron chi connectivity index (χ2n) is 12.6. The summed E-state index contributed by atoms with van der Waals surface area (Å²) >= 11 is 0. The van der Waals surface area contributed by atoms with E-state index in [1.807, 2.05) is 91.0 Å². The van der Waals surface area contributed by atoms with Gasteiger partial charge in [0.15, 0.2) is 5.78 Å². The van der Waals surface area contributed by atoms with Crippen LogP contribution in [0.1, 0.15) is 70.1 Å². The van der Waals surface area contributed by atoms with Crippen molar-refractivity contribution >= 4 is 23.6 Å². The van der Waals surface area contributed by atoms with Gasteiger partial charge in [-0.05, 0) is 49.3 Å². The van der Waals surface area contributed by atoms with Gasteiger partial charge in [0.25, 0.3) is 0 Å². The van der Waals surface area contributed by atoms with Crippen LogP contribution in [0.25, 0.3) is 0 Å². The predicted octanol–water partition coefficient (Wildman–Crippen LogP) is 5.97. The van der Waals surface area contributed by atoms with Gasteiger partial charge in [0.05, 0.1) is 19.3 Å². The van der Waals surface area contributed by atoms with E-state index in [1.54, 1.807) is 0 Å². The second kappa shape index (κ2) is 18.6. The highest BCUT2D eigenvalue weighted by molar-refractivity contribution is 6.07. The first-order valence-corrected chi connectivity index (χ1v) is 16.1. The van der Waals surface area contributed by atoms with Gasteiger partial charge in [-0.25, -0.2) is 0 Å². The predicted molar refractivity (Wildman–Crippen MR) is 178 cm³/mol. The molecule has 0 aromatic heterocycles. The Morgan fingerprint density at radius 3 is 1.80 bits per heavy atom. The van der Waals surface area contributed by atoms with Crippen molar-refractivity contribution in [3.8, 4) is 0 Å². The van der Waals surface area contributed by atoms with Crippen molar-refractivity contribution in [2.24, 2.45) is 11.3 Å². The third-order valence-corrected chi connectivity index (χ3v) is 7.74. The fourth-order valence-electron chi connectivity index (χ4n) is 4.93. The van der Waals surface area contributed by atoms with Gasteiger partial charge in [-0.1, -0.05) is 118 Å². The molecule has 0 unspecified atom stereocenters.